The number of rotatable bonds is 8. The lowest BCUT2D eigenvalue weighted by molar-refractivity contribution is -0.122. The van der Waals surface area contributed by atoms with E-state index in [1.165, 1.54) is 6.33 Å². The molecule has 0 bridgehead atoms. The molecule has 2 aromatic carbocycles. The summed E-state index contributed by atoms with van der Waals surface area (Å²) in [5, 5.41) is 0. The van der Waals surface area contributed by atoms with Gasteiger partial charge in [-0.3, -0.25) is 31.3 Å². The molecule has 154 valence electrons. The molecular formula is C20H21N7O3. The second-order valence-corrected chi connectivity index (χ2v) is 6.20. The van der Waals surface area contributed by atoms with E-state index in [1.54, 1.807) is 36.4 Å². The van der Waals surface area contributed by atoms with Gasteiger partial charge in [-0.2, -0.15) is 0 Å². The highest BCUT2D eigenvalue weighted by atomic mass is 16.5. The van der Waals surface area contributed by atoms with Crippen LogP contribution in [-0.4, -0.2) is 28.4 Å². The van der Waals surface area contributed by atoms with E-state index in [2.05, 4.69) is 31.7 Å². The lowest BCUT2D eigenvalue weighted by Gasteiger charge is -2.14. The topological polar surface area (TPSA) is 143 Å². The van der Waals surface area contributed by atoms with Crippen LogP contribution < -0.4 is 32.2 Å². The van der Waals surface area contributed by atoms with E-state index in [-0.39, 0.29) is 29.8 Å². The molecule has 2 amide bonds. The maximum Gasteiger partial charge on any atom is 0.276 e. The summed E-state index contributed by atoms with van der Waals surface area (Å²) >= 11 is 0. The highest BCUT2D eigenvalue weighted by Crippen LogP contribution is 2.21. The number of benzene rings is 2. The number of anilines is 3. The van der Waals surface area contributed by atoms with E-state index in [1.807, 2.05) is 25.1 Å². The first-order valence-electron chi connectivity index (χ1n) is 8.99. The molecule has 1 aromatic heterocycles. The lowest BCUT2D eigenvalue weighted by Crippen LogP contribution is -2.34. The largest absolute Gasteiger partial charge is 0.484 e. The molecule has 0 fully saturated rings. The molecule has 30 heavy (non-hydrogen) atoms. The highest BCUT2D eigenvalue weighted by Gasteiger charge is 2.11. The van der Waals surface area contributed by atoms with E-state index in [9.17, 15) is 9.59 Å². The van der Waals surface area contributed by atoms with Crippen LogP contribution in [0.5, 0.6) is 5.75 Å². The van der Waals surface area contributed by atoms with Crippen molar-refractivity contribution in [2.75, 3.05) is 23.2 Å². The molecule has 0 unspecified atom stereocenters. The third-order valence-corrected chi connectivity index (χ3v) is 3.93. The number of nitrogens with zero attached hydrogens (tertiary/aromatic N) is 2. The molecule has 0 atom stereocenters. The Morgan fingerprint density at radius 2 is 1.57 bits per heavy atom. The fourth-order valence-electron chi connectivity index (χ4n) is 2.32. The summed E-state index contributed by atoms with van der Waals surface area (Å²) in [6.45, 7) is 1.74. The second kappa shape index (κ2) is 9.73. The molecule has 6 N–H and O–H groups in total. The van der Waals surface area contributed by atoms with Gasteiger partial charge in [-0.05, 0) is 31.2 Å². The zero-order valence-electron chi connectivity index (χ0n) is 16.2. The predicted molar refractivity (Wildman–Crippen MR) is 112 cm³/mol. The summed E-state index contributed by atoms with van der Waals surface area (Å²) in [7, 11) is 0. The van der Waals surface area contributed by atoms with E-state index in [0.29, 0.717) is 11.3 Å². The van der Waals surface area contributed by atoms with Crippen molar-refractivity contribution in [3.05, 3.63) is 72.1 Å². The molecule has 0 aliphatic rings. The number of nitrogens with two attached hydrogens (primary N) is 1. The Hall–Kier alpha value is -4.34. The summed E-state index contributed by atoms with van der Waals surface area (Å²) in [4.78, 5) is 32.1. The van der Waals surface area contributed by atoms with Gasteiger partial charge in [0, 0.05) is 5.56 Å². The summed E-state index contributed by atoms with van der Waals surface area (Å²) in [6.07, 6.45) is 1.23. The maximum absolute atomic E-state index is 12.2. The summed E-state index contributed by atoms with van der Waals surface area (Å²) in [5.41, 5.74) is 17.8. The van der Waals surface area contributed by atoms with Crippen molar-refractivity contribution in [2.45, 2.75) is 6.92 Å². The smallest absolute Gasteiger partial charge is 0.276 e. The number of carbonyl (C=O) groups is 2. The first-order valence-corrected chi connectivity index (χ1v) is 8.99. The molecule has 3 aromatic rings. The molecule has 10 heteroatoms. The number of amides is 2. The standard InChI is InChI=1S/C20H21N7O3/c1-13-7-9-14(10-8-13)20(29)27-26-19-17(21)18(22-12-23-19)25-24-16(28)11-30-15-5-3-2-4-6-15/h2-10,12H,11,21H2,1H3,(H,24,28)(H,27,29)(H2,22,23,25,26). The lowest BCUT2D eigenvalue weighted by atomic mass is 10.1. The van der Waals surface area contributed by atoms with Crippen LogP contribution in [0.2, 0.25) is 0 Å². The van der Waals surface area contributed by atoms with Crippen LogP contribution in [0, 0.1) is 6.92 Å². The third-order valence-electron chi connectivity index (χ3n) is 3.93. The molecule has 0 saturated carbocycles. The minimum absolute atomic E-state index is 0.103. The molecule has 3 rings (SSSR count). The molecule has 0 saturated heterocycles. The molecule has 0 spiro atoms. The molecular weight excluding hydrogens is 386 g/mol. The summed E-state index contributed by atoms with van der Waals surface area (Å²) in [5.74, 6) is 0.117. The zero-order valence-corrected chi connectivity index (χ0v) is 16.2. The van der Waals surface area contributed by atoms with E-state index < -0.39 is 5.91 Å². The number of hydrogen-bond donors (Lipinski definition) is 5. The van der Waals surface area contributed by atoms with Crippen LogP contribution >= 0.6 is 0 Å². The van der Waals surface area contributed by atoms with Crippen molar-refractivity contribution in [1.82, 2.24) is 20.8 Å². The van der Waals surface area contributed by atoms with Crippen LogP contribution in [0.15, 0.2) is 60.9 Å². The minimum Gasteiger partial charge on any atom is -0.484 e. The van der Waals surface area contributed by atoms with Gasteiger partial charge in [-0.15, -0.1) is 0 Å². The van der Waals surface area contributed by atoms with Crippen molar-refractivity contribution in [3.8, 4) is 5.75 Å². The molecule has 1 heterocycles. The van der Waals surface area contributed by atoms with Crippen LogP contribution in [0.4, 0.5) is 17.3 Å². The zero-order chi connectivity index (χ0) is 21.3. The van der Waals surface area contributed by atoms with Crippen molar-refractivity contribution in [3.63, 3.8) is 0 Å². The number of hydrazine groups is 2. The quantitative estimate of drug-likeness (QED) is 0.355. The summed E-state index contributed by atoms with van der Waals surface area (Å²) < 4.78 is 5.35. The molecule has 10 nitrogen and oxygen atoms in total. The number of aromatic nitrogens is 2. The van der Waals surface area contributed by atoms with Crippen molar-refractivity contribution in [1.29, 1.82) is 0 Å². The Labute approximate surface area is 172 Å². The fraction of sp³-hybridized carbons (Fsp3) is 0.100. The average Bonchev–Trinajstić information content (AvgIpc) is 2.77. The van der Waals surface area contributed by atoms with Gasteiger partial charge in [-0.1, -0.05) is 35.9 Å². The van der Waals surface area contributed by atoms with Crippen LogP contribution in [0.25, 0.3) is 0 Å². The number of hydrogen-bond acceptors (Lipinski definition) is 8. The van der Waals surface area contributed by atoms with Gasteiger partial charge in [-0.25, -0.2) is 9.97 Å². The van der Waals surface area contributed by atoms with Crippen LogP contribution in [0.3, 0.4) is 0 Å². The monoisotopic (exact) mass is 407 g/mol. The number of para-hydroxylation sites is 1. The Kier molecular flexibility index (Phi) is 6.62. The van der Waals surface area contributed by atoms with Gasteiger partial charge in [0.05, 0.1) is 0 Å². The average molecular weight is 407 g/mol. The predicted octanol–water partition coefficient (Wildman–Crippen LogP) is 1.65. The molecule has 0 radical (unpaired) electrons. The van der Waals surface area contributed by atoms with E-state index in [0.717, 1.165) is 5.56 Å². The van der Waals surface area contributed by atoms with Crippen molar-refractivity contribution >= 4 is 29.1 Å². The van der Waals surface area contributed by atoms with Crippen LogP contribution in [0.1, 0.15) is 15.9 Å². The number of aryl methyl sites for hydroxylation is 1. The van der Waals surface area contributed by atoms with Gasteiger partial charge in [0.25, 0.3) is 11.8 Å². The van der Waals surface area contributed by atoms with Crippen LogP contribution in [-0.2, 0) is 4.79 Å². The summed E-state index contributed by atoms with van der Waals surface area (Å²) in [6, 6.07) is 16.0. The third kappa shape index (κ3) is 5.58. The minimum atomic E-state index is -0.431. The Bertz CT molecular complexity index is 1010. The Morgan fingerprint density at radius 1 is 0.933 bits per heavy atom. The second-order valence-electron chi connectivity index (χ2n) is 6.20. The SMILES string of the molecule is Cc1ccc(C(=O)NNc2ncnc(NNC(=O)COc3ccccc3)c2N)cc1. The maximum atomic E-state index is 12.2. The molecule has 0 aliphatic carbocycles. The highest BCUT2D eigenvalue weighted by molar-refractivity contribution is 5.95. The van der Waals surface area contributed by atoms with E-state index >= 15 is 0 Å². The van der Waals surface area contributed by atoms with Gasteiger partial charge in [0.1, 0.15) is 17.8 Å². The Balaban J connectivity index is 1.52. The van der Waals surface area contributed by atoms with Crippen molar-refractivity contribution in [2.24, 2.45) is 0 Å². The van der Waals surface area contributed by atoms with E-state index in [4.69, 9.17) is 10.5 Å². The van der Waals surface area contributed by atoms with Gasteiger partial charge in [0.2, 0.25) is 0 Å². The van der Waals surface area contributed by atoms with Gasteiger partial charge < -0.3 is 10.5 Å². The Morgan fingerprint density at radius 3 is 2.23 bits per heavy atom. The number of nitrogen functional groups attached to an aromatic ring is 1. The number of nitrogens with one attached hydrogen (secondary N) is 4. The first kappa shape index (κ1) is 20.4. The van der Waals surface area contributed by atoms with Gasteiger partial charge in [0.15, 0.2) is 18.2 Å². The fourth-order valence-corrected chi connectivity index (χ4v) is 2.32. The van der Waals surface area contributed by atoms with Gasteiger partial charge >= 0.3 is 0 Å². The number of carbonyl (C=O) groups excluding carboxylic acids is 2. The normalized spacial score (nSPS) is 10.0. The van der Waals surface area contributed by atoms with Crippen molar-refractivity contribution < 1.29 is 14.3 Å². The number of ether oxygens (including phenoxy) is 1. The molecule has 0 aliphatic heterocycles. The first-order chi connectivity index (χ1) is 14.5.